The number of ether oxygens (including phenoxy) is 2. The van der Waals surface area contributed by atoms with Crippen LogP contribution in [-0.2, 0) is 11.8 Å². The smallest absolute Gasteiger partial charge is 0.343 e. The van der Waals surface area contributed by atoms with Gasteiger partial charge < -0.3 is 15.2 Å². The highest BCUT2D eigenvalue weighted by Crippen LogP contribution is 2.41. The Morgan fingerprint density at radius 1 is 1.06 bits per heavy atom. The molecule has 1 amide bonds. The van der Waals surface area contributed by atoms with Gasteiger partial charge in [-0.3, -0.25) is 4.79 Å². The van der Waals surface area contributed by atoms with Crippen LogP contribution in [0.1, 0.15) is 20.7 Å². The molecule has 4 rings (SSSR count). The molecule has 0 aliphatic heterocycles. The molecule has 0 aliphatic rings. The van der Waals surface area contributed by atoms with Gasteiger partial charge >= 0.3 is 12.0 Å². The van der Waals surface area contributed by atoms with Crippen LogP contribution < -0.4 is 10.5 Å². The number of azo groups is 1. The van der Waals surface area contributed by atoms with E-state index >= 15 is 0 Å². The molecule has 160 valence electrons. The zero-order valence-electron chi connectivity index (χ0n) is 17.1. The van der Waals surface area contributed by atoms with Crippen molar-refractivity contribution in [2.75, 3.05) is 7.11 Å². The monoisotopic (exact) mass is 431 g/mol. The van der Waals surface area contributed by atoms with Crippen molar-refractivity contribution in [2.24, 2.45) is 23.0 Å². The molecule has 32 heavy (non-hydrogen) atoms. The van der Waals surface area contributed by atoms with Crippen LogP contribution in [0.5, 0.6) is 11.8 Å². The van der Waals surface area contributed by atoms with Gasteiger partial charge in [0.05, 0.1) is 18.9 Å². The number of esters is 1. The largest absolute Gasteiger partial charge is 0.465 e. The summed E-state index contributed by atoms with van der Waals surface area (Å²) in [5.74, 6) is -1.15. The molecule has 0 spiro atoms. The molecule has 2 aromatic heterocycles. The van der Waals surface area contributed by atoms with Crippen molar-refractivity contribution >= 4 is 34.2 Å². The molecular weight excluding hydrogens is 414 g/mol. The fourth-order valence-electron chi connectivity index (χ4n) is 3.03. The van der Waals surface area contributed by atoms with Gasteiger partial charge in [0.15, 0.2) is 11.6 Å². The second-order valence-electron chi connectivity index (χ2n) is 6.52. The van der Waals surface area contributed by atoms with Crippen LogP contribution in [0.2, 0.25) is 0 Å². The van der Waals surface area contributed by atoms with Crippen molar-refractivity contribution in [3.8, 4) is 11.8 Å². The Morgan fingerprint density at radius 3 is 2.53 bits per heavy atom. The van der Waals surface area contributed by atoms with Crippen molar-refractivity contribution < 1.29 is 19.1 Å². The van der Waals surface area contributed by atoms with E-state index in [0.717, 1.165) is 0 Å². The lowest BCUT2D eigenvalue weighted by atomic mass is 10.0. The van der Waals surface area contributed by atoms with Gasteiger partial charge in [-0.25, -0.2) is 19.4 Å². The number of amides is 1. The number of primary amides is 1. The molecule has 0 unspecified atom stereocenters. The number of methoxy groups -OCH3 is 1. The molecule has 11 heteroatoms. The molecule has 0 saturated carbocycles. The minimum atomic E-state index is -0.728. The van der Waals surface area contributed by atoms with Crippen LogP contribution >= 0.6 is 0 Å². The molecule has 0 aliphatic carbocycles. The second kappa shape index (κ2) is 8.60. The van der Waals surface area contributed by atoms with E-state index in [0.29, 0.717) is 10.8 Å². The summed E-state index contributed by atoms with van der Waals surface area (Å²) in [6, 6.07) is 10.4. The van der Waals surface area contributed by atoms with Gasteiger partial charge in [-0.05, 0) is 17.5 Å². The highest BCUT2D eigenvalue weighted by atomic mass is 16.5. The maximum absolute atomic E-state index is 12.2. The third kappa shape index (κ3) is 3.86. The third-order valence-electron chi connectivity index (χ3n) is 4.53. The van der Waals surface area contributed by atoms with Gasteiger partial charge in [0.1, 0.15) is 11.3 Å². The van der Waals surface area contributed by atoms with Crippen molar-refractivity contribution in [3.63, 3.8) is 0 Å². The average molecular weight is 431 g/mol. The minimum absolute atomic E-state index is 0.00230. The number of carbonyl (C=O) groups is 2. The second-order valence-corrected chi connectivity index (χ2v) is 6.52. The van der Waals surface area contributed by atoms with Crippen LogP contribution in [-0.4, -0.2) is 38.7 Å². The third-order valence-corrected chi connectivity index (χ3v) is 4.53. The van der Waals surface area contributed by atoms with Crippen molar-refractivity contribution in [3.05, 3.63) is 66.1 Å². The number of fused-ring (bicyclic) bond motifs is 1. The van der Waals surface area contributed by atoms with Gasteiger partial charge in [-0.15, -0.1) is 10.2 Å². The first-order valence-electron chi connectivity index (χ1n) is 9.32. The number of nitrogens with two attached hydrogens (primary N) is 1. The fourth-order valence-corrected chi connectivity index (χ4v) is 3.03. The Bertz CT molecular complexity index is 1350. The van der Waals surface area contributed by atoms with E-state index in [1.54, 1.807) is 37.4 Å². The van der Waals surface area contributed by atoms with Crippen molar-refractivity contribution in [1.82, 2.24) is 19.7 Å². The Morgan fingerprint density at radius 2 is 1.81 bits per heavy atom. The summed E-state index contributed by atoms with van der Waals surface area (Å²) in [5.41, 5.74) is 6.03. The number of aromatic nitrogens is 4. The summed E-state index contributed by atoms with van der Waals surface area (Å²) in [7, 11) is 2.86. The summed E-state index contributed by atoms with van der Waals surface area (Å²) in [6.45, 7) is 0. The lowest BCUT2D eigenvalue weighted by Crippen LogP contribution is -2.12. The zero-order chi connectivity index (χ0) is 22.7. The number of benzene rings is 2. The highest BCUT2D eigenvalue weighted by Gasteiger charge is 2.21. The van der Waals surface area contributed by atoms with E-state index in [2.05, 4.69) is 25.3 Å². The number of rotatable bonds is 6. The number of nitrogens with zero attached hydrogens (tertiary/aromatic N) is 6. The van der Waals surface area contributed by atoms with E-state index in [4.69, 9.17) is 15.2 Å². The highest BCUT2D eigenvalue weighted by molar-refractivity contribution is 6.06. The first-order chi connectivity index (χ1) is 15.5. The molecule has 11 nitrogen and oxygen atoms in total. The fraction of sp³-hybridized carbons (Fsp3) is 0.0952. The minimum Gasteiger partial charge on any atom is -0.465 e. The Kier molecular flexibility index (Phi) is 5.53. The van der Waals surface area contributed by atoms with E-state index in [1.165, 1.54) is 30.4 Å². The zero-order valence-corrected chi connectivity index (χ0v) is 17.1. The number of aryl methyl sites for hydroxylation is 1. The van der Waals surface area contributed by atoms with E-state index in [9.17, 15) is 9.59 Å². The molecule has 2 heterocycles. The predicted octanol–water partition coefficient (Wildman–Crippen LogP) is 3.46. The summed E-state index contributed by atoms with van der Waals surface area (Å²) < 4.78 is 12.0. The van der Waals surface area contributed by atoms with Crippen LogP contribution in [0.25, 0.3) is 10.8 Å². The van der Waals surface area contributed by atoms with Gasteiger partial charge in [0, 0.05) is 24.8 Å². The lowest BCUT2D eigenvalue weighted by Gasteiger charge is -2.13. The molecule has 0 saturated heterocycles. The molecular formula is C21H17N7O4. The number of carbonyl (C=O) groups excluding carboxylic acids is 2. The molecule has 2 N–H and O–H groups in total. The van der Waals surface area contributed by atoms with Gasteiger partial charge in [-0.1, -0.05) is 24.3 Å². The lowest BCUT2D eigenvalue weighted by molar-refractivity contribution is 0.0601. The van der Waals surface area contributed by atoms with E-state index < -0.39 is 11.9 Å². The maximum Gasteiger partial charge on any atom is 0.343 e. The number of hydrogen-bond acceptors (Lipinski definition) is 9. The Hall–Kier alpha value is -4.67. The average Bonchev–Trinajstić information content (AvgIpc) is 3.18. The van der Waals surface area contributed by atoms with Gasteiger partial charge in [0.2, 0.25) is 0 Å². The van der Waals surface area contributed by atoms with Crippen LogP contribution in [0.4, 0.5) is 11.5 Å². The molecule has 0 atom stereocenters. The first kappa shape index (κ1) is 20.6. The maximum atomic E-state index is 12.2. The quantitative estimate of drug-likeness (QED) is 0.363. The molecule has 2 aromatic carbocycles. The SMILES string of the molecule is COC(=O)c1cnn(C)c1/N=N/c1c(Oc2ncccn2)c(C(N)=O)cc2ccccc12. The molecule has 0 fully saturated rings. The van der Waals surface area contributed by atoms with Crippen LogP contribution in [0.3, 0.4) is 0 Å². The normalized spacial score (nSPS) is 11.1. The molecule has 0 bridgehead atoms. The first-order valence-corrected chi connectivity index (χ1v) is 9.32. The number of hydrogen-bond donors (Lipinski definition) is 1. The summed E-state index contributed by atoms with van der Waals surface area (Å²) in [5, 5.41) is 13.9. The van der Waals surface area contributed by atoms with Crippen molar-refractivity contribution in [2.45, 2.75) is 0 Å². The van der Waals surface area contributed by atoms with Gasteiger partial charge in [-0.2, -0.15) is 5.10 Å². The summed E-state index contributed by atoms with van der Waals surface area (Å²) in [4.78, 5) is 32.3. The molecule has 4 aromatic rings. The van der Waals surface area contributed by atoms with Crippen molar-refractivity contribution in [1.29, 1.82) is 0 Å². The summed E-state index contributed by atoms with van der Waals surface area (Å²) >= 11 is 0. The van der Waals surface area contributed by atoms with Crippen LogP contribution in [0.15, 0.2) is 65.2 Å². The van der Waals surface area contributed by atoms with Crippen LogP contribution in [0, 0.1) is 0 Å². The Labute approximate surface area is 181 Å². The van der Waals surface area contributed by atoms with Gasteiger partial charge in [0.25, 0.3) is 5.91 Å². The van der Waals surface area contributed by atoms with E-state index in [-0.39, 0.29) is 34.4 Å². The van der Waals surface area contributed by atoms with E-state index in [1.807, 2.05) is 6.07 Å². The Balaban J connectivity index is 1.94. The predicted molar refractivity (Wildman–Crippen MR) is 113 cm³/mol. The standard InChI is InChI=1S/C21H17N7O4/c1-28-19(15(11-25-28)20(30)31-2)27-26-16-13-7-4-3-6-12(13)10-14(18(22)29)17(16)32-21-23-8-5-9-24-21/h3-11H,1-2H3,(H2,22,29)/b27-26+. The molecule has 0 radical (unpaired) electrons. The summed E-state index contributed by atoms with van der Waals surface area (Å²) in [6.07, 6.45) is 4.31. The topological polar surface area (TPSA) is 147 Å².